The van der Waals surface area contributed by atoms with E-state index >= 15 is 0 Å². The molecule has 0 fully saturated rings. The van der Waals surface area contributed by atoms with Crippen molar-refractivity contribution < 1.29 is 0 Å². The molecule has 1 aromatic heterocycles. The molecule has 0 spiro atoms. The van der Waals surface area contributed by atoms with Crippen LogP contribution >= 0.6 is 0 Å². The number of aromatic nitrogens is 2. The fraction of sp³-hybridized carbons (Fsp3) is 0.267. The Kier molecular flexibility index (Phi) is 4.09. The van der Waals surface area contributed by atoms with Gasteiger partial charge in [0.2, 0.25) is 0 Å². The van der Waals surface area contributed by atoms with Gasteiger partial charge in [0, 0.05) is 5.56 Å². The highest BCUT2D eigenvalue weighted by molar-refractivity contribution is 5.60. The Bertz CT molecular complexity index is 565. The lowest BCUT2D eigenvalue weighted by molar-refractivity contribution is 0.867. The van der Waals surface area contributed by atoms with Crippen LogP contribution in [0.3, 0.4) is 0 Å². The van der Waals surface area contributed by atoms with E-state index in [0.717, 1.165) is 11.3 Å². The lowest BCUT2D eigenvalue weighted by Crippen LogP contribution is -2.01. The highest BCUT2D eigenvalue weighted by Crippen LogP contribution is 2.21. The molecule has 0 atom stereocenters. The SMILES string of the molecule is CC(C)c1ccc(-c2ccc(NCC#N)nn2)cc1. The molecular formula is C15H16N4. The lowest BCUT2D eigenvalue weighted by Gasteiger charge is -2.06. The molecule has 1 aromatic carbocycles. The van der Waals surface area contributed by atoms with Gasteiger partial charge in [-0.15, -0.1) is 10.2 Å². The first-order chi connectivity index (χ1) is 9.20. The molecule has 0 unspecified atom stereocenters. The molecule has 4 heteroatoms. The molecule has 0 aliphatic heterocycles. The summed E-state index contributed by atoms with van der Waals surface area (Å²) in [7, 11) is 0. The Balaban J connectivity index is 2.15. The highest BCUT2D eigenvalue weighted by Gasteiger charge is 2.03. The predicted molar refractivity (Wildman–Crippen MR) is 75.7 cm³/mol. The number of nitriles is 1. The van der Waals surface area contributed by atoms with Crippen LogP contribution in [0, 0.1) is 11.3 Å². The van der Waals surface area contributed by atoms with Gasteiger partial charge in [-0.1, -0.05) is 38.1 Å². The van der Waals surface area contributed by atoms with E-state index in [4.69, 9.17) is 5.26 Å². The zero-order valence-electron chi connectivity index (χ0n) is 11.1. The summed E-state index contributed by atoms with van der Waals surface area (Å²) in [6.07, 6.45) is 0. The molecule has 0 radical (unpaired) electrons. The van der Waals surface area contributed by atoms with Crippen molar-refractivity contribution in [3.05, 3.63) is 42.0 Å². The minimum atomic E-state index is 0.233. The number of nitrogens with one attached hydrogen (secondary N) is 1. The van der Waals surface area contributed by atoms with Crippen molar-refractivity contribution >= 4 is 5.82 Å². The van der Waals surface area contributed by atoms with Gasteiger partial charge in [-0.3, -0.25) is 0 Å². The standard InChI is InChI=1S/C15H16N4/c1-11(2)12-3-5-13(6-4-12)14-7-8-15(19-18-14)17-10-9-16/h3-8,11H,10H2,1-2H3,(H,17,19). The van der Waals surface area contributed by atoms with E-state index in [1.165, 1.54) is 5.56 Å². The topological polar surface area (TPSA) is 61.6 Å². The first kappa shape index (κ1) is 13.0. The largest absolute Gasteiger partial charge is 0.356 e. The van der Waals surface area contributed by atoms with Gasteiger partial charge < -0.3 is 5.32 Å². The van der Waals surface area contributed by atoms with E-state index in [2.05, 4.69) is 53.6 Å². The predicted octanol–water partition coefficient (Wildman–Crippen LogP) is 3.20. The highest BCUT2D eigenvalue weighted by atomic mass is 15.2. The van der Waals surface area contributed by atoms with Gasteiger partial charge in [-0.2, -0.15) is 5.26 Å². The second-order valence-electron chi connectivity index (χ2n) is 4.59. The molecule has 2 rings (SSSR count). The molecule has 19 heavy (non-hydrogen) atoms. The Morgan fingerprint density at radius 3 is 2.37 bits per heavy atom. The summed E-state index contributed by atoms with van der Waals surface area (Å²) in [5, 5.41) is 19.5. The van der Waals surface area contributed by atoms with Crippen LogP contribution < -0.4 is 5.32 Å². The van der Waals surface area contributed by atoms with E-state index in [1.54, 1.807) is 0 Å². The first-order valence-corrected chi connectivity index (χ1v) is 6.25. The molecule has 0 aliphatic carbocycles. The molecule has 4 nitrogen and oxygen atoms in total. The van der Waals surface area contributed by atoms with Gasteiger partial charge in [0.25, 0.3) is 0 Å². The van der Waals surface area contributed by atoms with Gasteiger partial charge in [0.05, 0.1) is 11.8 Å². The maximum Gasteiger partial charge on any atom is 0.149 e. The fourth-order valence-electron chi connectivity index (χ4n) is 1.75. The lowest BCUT2D eigenvalue weighted by atomic mass is 10.0. The summed E-state index contributed by atoms with van der Waals surface area (Å²) >= 11 is 0. The van der Waals surface area contributed by atoms with Crippen molar-refractivity contribution in [3.8, 4) is 17.3 Å². The summed E-state index contributed by atoms with van der Waals surface area (Å²) < 4.78 is 0. The number of rotatable bonds is 4. The maximum atomic E-state index is 8.47. The number of anilines is 1. The molecule has 1 N–H and O–H groups in total. The molecule has 0 saturated heterocycles. The van der Waals surface area contributed by atoms with Crippen molar-refractivity contribution in [1.29, 1.82) is 5.26 Å². The molecule has 1 heterocycles. The van der Waals surface area contributed by atoms with Crippen LogP contribution in [0.5, 0.6) is 0 Å². The van der Waals surface area contributed by atoms with Crippen molar-refractivity contribution in [2.75, 3.05) is 11.9 Å². The van der Waals surface area contributed by atoms with Gasteiger partial charge >= 0.3 is 0 Å². The minimum Gasteiger partial charge on any atom is -0.356 e. The van der Waals surface area contributed by atoms with Crippen LogP contribution in [0.2, 0.25) is 0 Å². The Morgan fingerprint density at radius 1 is 1.11 bits per heavy atom. The second kappa shape index (κ2) is 5.96. The third-order valence-electron chi connectivity index (χ3n) is 2.89. The van der Waals surface area contributed by atoms with Gasteiger partial charge in [0.15, 0.2) is 0 Å². The van der Waals surface area contributed by atoms with Gasteiger partial charge in [-0.05, 0) is 23.6 Å². The molecule has 0 aliphatic rings. The Morgan fingerprint density at radius 2 is 1.84 bits per heavy atom. The second-order valence-corrected chi connectivity index (χ2v) is 4.59. The van der Waals surface area contributed by atoms with E-state index in [-0.39, 0.29) is 6.54 Å². The Labute approximate surface area is 113 Å². The Hall–Kier alpha value is -2.41. The van der Waals surface area contributed by atoms with Crippen molar-refractivity contribution in [3.63, 3.8) is 0 Å². The third kappa shape index (κ3) is 3.29. The maximum absolute atomic E-state index is 8.47. The van der Waals surface area contributed by atoms with Crippen LogP contribution in [0.25, 0.3) is 11.3 Å². The van der Waals surface area contributed by atoms with Crippen LogP contribution in [0.4, 0.5) is 5.82 Å². The normalized spacial score (nSPS) is 10.2. The zero-order chi connectivity index (χ0) is 13.7. The summed E-state index contributed by atoms with van der Waals surface area (Å²) in [6, 6.07) is 14.1. The smallest absolute Gasteiger partial charge is 0.149 e. The third-order valence-corrected chi connectivity index (χ3v) is 2.89. The minimum absolute atomic E-state index is 0.233. The number of benzene rings is 1. The molecule has 96 valence electrons. The first-order valence-electron chi connectivity index (χ1n) is 6.25. The summed E-state index contributed by atoms with van der Waals surface area (Å²) in [5.74, 6) is 1.14. The quantitative estimate of drug-likeness (QED) is 0.849. The molecular weight excluding hydrogens is 236 g/mol. The molecule has 0 saturated carbocycles. The number of hydrogen-bond acceptors (Lipinski definition) is 4. The van der Waals surface area contributed by atoms with Crippen LogP contribution in [0.15, 0.2) is 36.4 Å². The monoisotopic (exact) mass is 252 g/mol. The van der Waals surface area contributed by atoms with E-state index in [1.807, 2.05) is 18.2 Å². The van der Waals surface area contributed by atoms with E-state index in [9.17, 15) is 0 Å². The van der Waals surface area contributed by atoms with Crippen LogP contribution in [-0.2, 0) is 0 Å². The van der Waals surface area contributed by atoms with E-state index in [0.29, 0.717) is 11.7 Å². The fourth-order valence-corrected chi connectivity index (χ4v) is 1.75. The zero-order valence-corrected chi connectivity index (χ0v) is 11.1. The summed E-state index contributed by atoms with van der Waals surface area (Å²) in [4.78, 5) is 0. The molecule has 0 bridgehead atoms. The van der Waals surface area contributed by atoms with Crippen molar-refractivity contribution in [2.24, 2.45) is 0 Å². The van der Waals surface area contributed by atoms with Crippen molar-refractivity contribution in [1.82, 2.24) is 10.2 Å². The van der Waals surface area contributed by atoms with Crippen LogP contribution in [0.1, 0.15) is 25.3 Å². The van der Waals surface area contributed by atoms with Gasteiger partial charge in [0.1, 0.15) is 12.4 Å². The van der Waals surface area contributed by atoms with Crippen LogP contribution in [-0.4, -0.2) is 16.7 Å². The summed E-state index contributed by atoms with van der Waals surface area (Å²) in [6.45, 7) is 4.58. The average Bonchev–Trinajstić information content (AvgIpc) is 2.46. The molecule has 2 aromatic rings. The van der Waals surface area contributed by atoms with Gasteiger partial charge in [-0.25, -0.2) is 0 Å². The number of nitrogens with zero attached hydrogens (tertiary/aromatic N) is 3. The number of hydrogen-bond donors (Lipinski definition) is 1. The van der Waals surface area contributed by atoms with Crippen molar-refractivity contribution in [2.45, 2.75) is 19.8 Å². The van der Waals surface area contributed by atoms with E-state index < -0.39 is 0 Å². The molecule has 0 amide bonds. The average molecular weight is 252 g/mol. The summed E-state index contributed by atoms with van der Waals surface area (Å²) in [5.41, 5.74) is 3.19.